The van der Waals surface area contributed by atoms with E-state index in [1.807, 2.05) is 0 Å². The van der Waals surface area contributed by atoms with Gasteiger partial charge in [-0.25, -0.2) is 0 Å². The van der Waals surface area contributed by atoms with Crippen molar-refractivity contribution >= 4 is 5.97 Å². The predicted octanol–water partition coefficient (Wildman–Crippen LogP) is 3.11. The summed E-state index contributed by atoms with van der Waals surface area (Å²) in [4.78, 5) is 10.7. The molecule has 0 aliphatic rings. The Kier molecular flexibility index (Phi) is 9.17. The van der Waals surface area contributed by atoms with Crippen molar-refractivity contribution in [3.63, 3.8) is 0 Å². The first-order valence-corrected chi connectivity index (χ1v) is 5.27. The minimum absolute atomic E-state index is 0.200. The molecular weight excluding hydrogens is 164 g/mol. The van der Waals surface area contributed by atoms with Gasteiger partial charge in [-0.2, -0.15) is 0 Å². The zero-order valence-corrected chi connectivity index (χ0v) is 8.84. The summed E-state index contributed by atoms with van der Waals surface area (Å²) < 4.78 is 4.90. The molecule has 0 rings (SSSR count). The van der Waals surface area contributed by atoms with E-state index in [0.29, 0.717) is 6.61 Å². The van der Waals surface area contributed by atoms with Crippen molar-refractivity contribution < 1.29 is 9.53 Å². The highest BCUT2D eigenvalue weighted by atomic mass is 16.5. The molecule has 77 valence electrons. The number of esters is 1. The number of hydrogen-bond donors (Lipinski definition) is 0. The van der Waals surface area contributed by atoms with Gasteiger partial charge in [-0.15, -0.1) is 0 Å². The first-order chi connectivity index (χ1) is 6.31. The maximum Gasteiger partial charge on any atom is 0.309 e. The van der Waals surface area contributed by atoms with Gasteiger partial charge in [0.15, 0.2) is 0 Å². The Morgan fingerprint density at radius 3 is 2.38 bits per heavy atom. The van der Waals surface area contributed by atoms with Crippen molar-refractivity contribution in [1.29, 1.82) is 0 Å². The third kappa shape index (κ3) is 9.38. The summed E-state index contributed by atoms with van der Waals surface area (Å²) in [5, 5.41) is 0. The molecule has 0 amide bonds. The van der Waals surface area contributed by atoms with Gasteiger partial charge in [0.05, 0.1) is 13.0 Å². The number of carbonyl (C=O) groups excluding carboxylic acids is 1. The lowest BCUT2D eigenvalue weighted by Gasteiger charge is -2.02. The topological polar surface area (TPSA) is 26.3 Å². The van der Waals surface area contributed by atoms with Crippen LogP contribution in [-0.4, -0.2) is 12.6 Å². The van der Waals surface area contributed by atoms with Crippen LogP contribution in [0.15, 0.2) is 0 Å². The average molecular weight is 185 g/mol. The zero-order chi connectivity index (χ0) is 9.94. The highest BCUT2D eigenvalue weighted by Crippen LogP contribution is 2.04. The monoisotopic (exact) mass is 185 g/mol. The van der Waals surface area contributed by atoms with Crippen molar-refractivity contribution in [2.75, 3.05) is 6.61 Å². The quantitative estimate of drug-likeness (QED) is 0.429. The normalized spacial score (nSPS) is 10.0. The number of hydrogen-bond acceptors (Lipinski definition) is 2. The minimum atomic E-state index is -0.200. The van der Waals surface area contributed by atoms with Gasteiger partial charge in [0.25, 0.3) is 0 Å². The summed E-state index contributed by atoms with van der Waals surface area (Å²) in [6.45, 7) is 4.48. The summed E-state index contributed by atoms with van der Waals surface area (Å²) in [5.74, 6) is -0.200. The molecule has 0 aromatic rings. The maximum absolute atomic E-state index is 10.7. The molecule has 2 nitrogen and oxygen atoms in total. The summed E-state index contributed by atoms with van der Waals surface area (Å²) in [6.07, 6.45) is 8.81. The van der Waals surface area contributed by atoms with Crippen LogP contribution in [0.1, 0.15) is 52.4 Å². The van der Waals surface area contributed by atoms with Gasteiger partial charge >= 0.3 is 5.97 Å². The van der Waals surface area contributed by atoms with Crippen molar-refractivity contribution in [3.8, 4) is 0 Å². The van der Waals surface area contributed by atoms with Crippen molar-refractivity contribution in [2.45, 2.75) is 52.4 Å². The number of ether oxygens (including phenoxy) is 1. The molecule has 0 saturated carbocycles. The summed E-state index contributed by atoms with van der Waals surface area (Å²) in [5.41, 5.74) is 0. The first-order valence-electron chi connectivity index (χ1n) is 5.27. The average Bonchev–Trinajstić information content (AvgIpc) is 2.16. The summed E-state index contributed by atoms with van der Waals surface area (Å²) >= 11 is 0. The Balaban J connectivity index is 2.95. The lowest BCUT2D eigenvalue weighted by Crippen LogP contribution is -2.04. The van der Waals surface area contributed by atoms with Gasteiger partial charge in [-0.05, 0) is 6.42 Å². The Morgan fingerprint density at radius 2 is 1.77 bits per heavy atom. The van der Waals surface area contributed by atoms with E-state index in [4.69, 9.17) is 4.74 Å². The van der Waals surface area contributed by atoms with Gasteiger partial charge in [0, 0.05) is 0 Å². The van der Waals surface area contributed by atoms with Crippen LogP contribution in [0.25, 0.3) is 0 Å². The van der Waals surface area contributed by atoms with Gasteiger partial charge in [-0.1, -0.05) is 46.0 Å². The van der Waals surface area contributed by atoms with Crippen LogP contribution in [0.5, 0.6) is 0 Å². The third-order valence-electron chi connectivity index (χ3n) is 1.98. The van der Waals surface area contributed by atoms with E-state index in [9.17, 15) is 4.79 Å². The van der Waals surface area contributed by atoms with Crippen molar-refractivity contribution in [2.24, 2.45) is 0 Å². The first kappa shape index (κ1) is 12.5. The molecule has 0 aliphatic carbocycles. The smallest absolute Gasteiger partial charge is 0.309 e. The number of unbranched alkanes of at least 4 members (excludes halogenated alkanes) is 5. The maximum atomic E-state index is 10.7. The molecule has 2 heteroatoms. The van der Waals surface area contributed by atoms with E-state index >= 15 is 0 Å². The fourth-order valence-electron chi connectivity index (χ4n) is 1.14. The predicted molar refractivity (Wildman–Crippen MR) is 54.3 cm³/mol. The standard InChI is InChI=1S/C11H21O2/c1-3-5-6-7-8-9-10-13-11(12)4-2/h4H,3,5-10H2,1-2H3. The van der Waals surface area contributed by atoms with Crippen molar-refractivity contribution in [1.82, 2.24) is 0 Å². The molecule has 0 fully saturated rings. The Morgan fingerprint density at radius 1 is 1.15 bits per heavy atom. The highest BCUT2D eigenvalue weighted by Gasteiger charge is 1.97. The molecular formula is C11H21O2. The molecule has 0 bridgehead atoms. The van der Waals surface area contributed by atoms with Crippen LogP contribution < -0.4 is 0 Å². The SMILES string of the molecule is C[CH]C(=O)OCCCCCCCC. The Hall–Kier alpha value is -0.530. The van der Waals surface area contributed by atoms with Gasteiger partial charge in [0.2, 0.25) is 0 Å². The number of rotatable bonds is 8. The molecule has 13 heavy (non-hydrogen) atoms. The molecule has 0 atom stereocenters. The van der Waals surface area contributed by atoms with Gasteiger partial charge in [-0.3, -0.25) is 4.79 Å². The lowest BCUT2D eigenvalue weighted by atomic mass is 10.1. The molecule has 0 heterocycles. The van der Waals surface area contributed by atoms with Gasteiger partial charge < -0.3 is 4.74 Å². The van der Waals surface area contributed by atoms with Crippen LogP contribution in [0, 0.1) is 6.42 Å². The number of carbonyl (C=O) groups is 1. The second-order valence-corrected chi connectivity index (χ2v) is 3.22. The van der Waals surface area contributed by atoms with Gasteiger partial charge in [0.1, 0.15) is 0 Å². The molecule has 0 N–H and O–H groups in total. The highest BCUT2D eigenvalue weighted by molar-refractivity contribution is 5.78. The largest absolute Gasteiger partial charge is 0.465 e. The molecule has 1 radical (unpaired) electrons. The van der Waals surface area contributed by atoms with E-state index in [1.54, 1.807) is 6.92 Å². The van der Waals surface area contributed by atoms with Crippen LogP contribution in [0.4, 0.5) is 0 Å². The summed E-state index contributed by atoms with van der Waals surface area (Å²) in [7, 11) is 0. The second kappa shape index (κ2) is 9.56. The second-order valence-electron chi connectivity index (χ2n) is 3.22. The molecule has 0 aromatic carbocycles. The van der Waals surface area contributed by atoms with Crippen LogP contribution in [-0.2, 0) is 9.53 Å². The summed E-state index contributed by atoms with van der Waals surface area (Å²) in [6, 6.07) is 0. The van der Waals surface area contributed by atoms with E-state index < -0.39 is 0 Å². The van der Waals surface area contributed by atoms with E-state index in [2.05, 4.69) is 6.92 Å². The minimum Gasteiger partial charge on any atom is -0.465 e. The Labute approximate surface area is 81.7 Å². The molecule has 0 unspecified atom stereocenters. The van der Waals surface area contributed by atoms with E-state index in [0.717, 1.165) is 6.42 Å². The molecule has 0 aliphatic heterocycles. The third-order valence-corrected chi connectivity index (χ3v) is 1.98. The fraction of sp³-hybridized carbons (Fsp3) is 0.818. The van der Waals surface area contributed by atoms with E-state index in [-0.39, 0.29) is 5.97 Å². The van der Waals surface area contributed by atoms with Crippen LogP contribution in [0.3, 0.4) is 0 Å². The lowest BCUT2D eigenvalue weighted by molar-refractivity contribution is -0.139. The Bertz CT molecular complexity index is 121. The fourth-order valence-corrected chi connectivity index (χ4v) is 1.14. The van der Waals surface area contributed by atoms with E-state index in [1.165, 1.54) is 38.5 Å². The van der Waals surface area contributed by atoms with Crippen LogP contribution in [0.2, 0.25) is 0 Å². The van der Waals surface area contributed by atoms with Crippen molar-refractivity contribution in [3.05, 3.63) is 6.42 Å². The van der Waals surface area contributed by atoms with Crippen LogP contribution >= 0.6 is 0 Å². The molecule has 0 aromatic heterocycles. The molecule has 0 saturated heterocycles. The zero-order valence-electron chi connectivity index (χ0n) is 8.84. The molecule has 0 spiro atoms.